The van der Waals surface area contributed by atoms with Crippen molar-refractivity contribution in [2.45, 2.75) is 25.3 Å². The topological polar surface area (TPSA) is 52.6 Å². The molecule has 3 aliphatic rings. The van der Waals surface area contributed by atoms with Crippen LogP contribution < -0.4 is 4.90 Å². The molecular formula is C20H21F2N5O. The molecule has 8 heteroatoms. The van der Waals surface area contributed by atoms with Gasteiger partial charge >= 0.3 is 0 Å². The predicted octanol–water partition coefficient (Wildman–Crippen LogP) is 2.55. The van der Waals surface area contributed by atoms with E-state index in [2.05, 4.69) is 19.9 Å². The molecule has 1 aromatic heterocycles. The van der Waals surface area contributed by atoms with Crippen molar-refractivity contribution in [3.8, 4) is 0 Å². The molecule has 28 heavy (non-hydrogen) atoms. The van der Waals surface area contributed by atoms with Crippen LogP contribution in [0.4, 0.5) is 14.6 Å². The third-order valence-electron chi connectivity index (χ3n) is 6.27. The quantitative estimate of drug-likeness (QED) is 0.795. The van der Waals surface area contributed by atoms with Crippen molar-refractivity contribution in [3.63, 3.8) is 0 Å². The highest BCUT2D eigenvalue weighted by Gasteiger charge is 2.56. The molecule has 2 aromatic rings. The Morgan fingerprint density at radius 3 is 2.46 bits per heavy atom. The number of halogens is 2. The van der Waals surface area contributed by atoms with Gasteiger partial charge in [-0.25, -0.2) is 18.8 Å². The van der Waals surface area contributed by atoms with Gasteiger partial charge in [0, 0.05) is 44.6 Å². The monoisotopic (exact) mass is 385 g/mol. The second-order valence-electron chi connectivity index (χ2n) is 7.88. The highest BCUT2D eigenvalue weighted by atomic mass is 19.1. The van der Waals surface area contributed by atoms with Crippen LogP contribution in [-0.2, 0) is 4.79 Å². The third kappa shape index (κ3) is 2.74. The number of carbonyl (C=O) groups excluding carboxylic acids is 1. The number of nitrogens with zero attached hydrogens (tertiary/aromatic N) is 5. The van der Waals surface area contributed by atoms with Crippen molar-refractivity contribution >= 4 is 11.7 Å². The van der Waals surface area contributed by atoms with Crippen LogP contribution in [0.3, 0.4) is 0 Å². The lowest BCUT2D eigenvalue weighted by Crippen LogP contribution is -2.46. The van der Waals surface area contributed by atoms with Gasteiger partial charge in [-0.1, -0.05) is 0 Å². The van der Waals surface area contributed by atoms with Crippen molar-refractivity contribution in [1.29, 1.82) is 0 Å². The molecule has 0 bridgehead atoms. The fourth-order valence-corrected chi connectivity index (χ4v) is 4.85. The molecule has 3 aliphatic heterocycles. The van der Waals surface area contributed by atoms with E-state index in [1.54, 1.807) is 23.6 Å². The van der Waals surface area contributed by atoms with E-state index >= 15 is 0 Å². The lowest BCUT2D eigenvalue weighted by atomic mass is 9.77. The highest BCUT2D eigenvalue weighted by Crippen LogP contribution is 2.47. The Hall–Kier alpha value is -2.61. The Kier molecular flexibility index (Phi) is 4.04. The van der Waals surface area contributed by atoms with Crippen LogP contribution in [-0.4, -0.2) is 52.1 Å². The van der Waals surface area contributed by atoms with Gasteiger partial charge < -0.3 is 4.90 Å². The predicted molar refractivity (Wildman–Crippen MR) is 98.0 cm³/mol. The minimum absolute atomic E-state index is 0.0819. The highest BCUT2D eigenvalue weighted by molar-refractivity contribution is 5.85. The number of amides is 1. The van der Waals surface area contributed by atoms with Gasteiger partial charge in [-0.05, 0) is 37.0 Å². The standard InChI is InChI=1S/C20H21F2N5O/c21-15-9-14(10-16(22)11-15)17-1-6-26-13-20(19(28)27(17)26)2-7-25(8-3-20)18-12-23-4-5-24-18/h4-5,9-12,17H,1-3,6-8,13H2/t17-/m0/s1. The number of benzene rings is 1. The molecule has 0 radical (unpaired) electrons. The minimum Gasteiger partial charge on any atom is -0.355 e. The fourth-order valence-electron chi connectivity index (χ4n) is 4.85. The summed E-state index contributed by atoms with van der Waals surface area (Å²) in [6.07, 6.45) is 7.22. The van der Waals surface area contributed by atoms with Gasteiger partial charge in [-0.3, -0.25) is 14.8 Å². The maximum absolute atomic E-state index is 13.7. The third-order valence-corrected chi connectivity index (χ3v) is 6.27. The van der Waals surface area contributed by atoms with Crippen molar-refractivity contribution in [2.24, 2.45) is 5.41 Å². The molecule has 5 rings (SSSR count). The number of fused-ring (bicyclic) bond motifs is 1. The van der Waals surface area contributed by atoms with Crippen molar-refractivity contribution in [1.82, 2.24) is 20.0 Å². The average Bonchev–Trinajstić information content (AvgIpc) is 3.21. The molecule has 6 nitrogen and oxygen atoms in total. The SMILES string of the molecule is O=C1N2[C@H](c3cc(F)cc(F)c3)CCN2CC12CCN(c1cnccn1)CC2. The van der Waals surface area contributed by atoms with E-state index in [-0.39, 0.29) is 11.9 Å². The number of hydrogen-bond donors (Lipinski definition) is 0. The summed E-state index contributed by atoms with van der Waals surface area (Å²) < 4.78 is 27.4. The summed E-state index contributed by atoms with van der Waals surface area (Å²) in [6, 6.07) is 3.25. The summed E-state index contributed by atoms with van der Waals surface area (Å²) in [5.74, 6) is -0.297. The zero-order valence-electron chi connectivity index (χ0n) is 15.4. The van der Waals surface area contributed by atoms with E-state index in [1.165, 1.54) is 12.1 Å². The molecule has 0 aliphatic carbocycles. The molecule has 146 valence electrons. The summed E-state index contributed by atoms with van der Waals surface area (Å²) in [7, 11) is 0. The van der Waals surface area contributed by atoms with Gasteiger partial charge in [0.05, 0.1) is 17.7 Å². The van der Waals surface area contributed by atoms with Gasteiger partial charge in [-0.2, -0.15) is 0 Å². The molecule has 3 fully saturated rings. The van der Waals surface area contributed by atoms with E-state index in [9.17, 15) is 13.6 Å². The summed E-state index contributed by atoms with van der Waals surface area (Å²) in [5.41, 5.74) is 0.103. The van der Waals surface area contributed by atoms with Crippen LogP contribution in [0, 0.1) is 17.0 Å². The first-order chi connectivity index (χ1) is 13.6. The Bertz CT molecular complexity index is 880. The first-order valence-corrected chi connectivity index (χ1v) is 9.61. The molecule has 4 heterocycles. The summed E-state index contributed by atoms with van der Waals surface area (Å²) >= 11 is 0. The second kappa shape index (κ2) is 6.48. The average molecular weight is 385 g/mol. The molecule has 3 saturated heterocycles. The Morgan fingerprint density at radius 2 is 1.79 bits per heavy atom. The van der Waals surface area contributed by atoms with Crippen LogP contribution in [0.2, 0.25) is 0 Å². The molecular weight excluding hydrogens is 364 g/mol. The molecule has 0 saturated carbocycles. The van der Waals surface area contributed by atoms with E-state index in [0.29, 0.717) is 18.5 Å². The Labute approximate surface area is 161 Å². The Balaban J connectivity index is 1.36. The summed E-state index contributed by atoms with van der Waals surface area (Å²) in [6.45, 7) is 2.88. The zero-order valence-corrected chi connectivity index (χ0v) is 15.4. The van der Waals surface area contributed by atoms with Crippen molar-refractivity contribution in [2.75, 3.05) is 31.1 Å². The van der Waals surface area contributed by atoms with Crippen LogP contribution in [0.1, 0.15) is 30.9 Å². The number of hydrazine groups is 1. The summed E-state index contributed by atoms with van der Waals surface area (Å²) in [4.78, 5) is 24.0. The second-order valence-corrected chi connectivity index (χ2v) is 7.88. The van der Waals surface area contributed by atoms with Gasteiger partial charge in [0.25, 0.3) is 0 Å². The van der Waals surface area contributed by atoms with Gasteiger partial charge in [0.15, 0.2) is 0 Å². The van der Waals surface area contributed by atoms with Gasteiger partial charge in [0.2, 0.25) is 5.91 Å². The Morgan fingerprint density at radius 1 is 1.04 bits per heavy atom. The lowest BCUT2D eigenvalue weighted by molar-refractivity contribution is -0.143. The number of rotatable bonds is 2. The van der Waals surface area contributed by atoms with Crippen molar-refractivity contribution in [3.05, 3.63) is 54.0 Å². The van der Waals surface area contributed by atoms with Gasteiger partial charge in [0.1, 0.15) is 17.5 Å². The van der Waals surface area contributed by atoms with Gasteiger partial charge in [-0.15, -0.1) is 0 Å². The number of piperidine rings is 1. The maximum Gasteiger partial charge on any atom is 0.245 e. The number of hydrogen-bond acceptors (Lipinski definition) is 5. The zero-order chi connectivity index (χ0) is 19.3. The van der Waals surface area contributed by atoms with E-state index < -0.39 is 17.0 Å². The van der Waals surface area contributed by atoms with Crippen LogP contribution in [0.15, 0.2) is 36.8 Å². The smallest absolute Gasteiger partial charge is 0.245 e. The maximum atomic E-state index is 13.7. The lowest BCUT2D eigenvalue weighted by Gasteiger charge is -2.38. The molecule has 1 aromatic carbocycles. The van der Waals surface area contributed by atoms with E-state index in [1.807, 2.05) is 0 Å². The first kappa shape index (κ1) is 17.5. The fraction of sp³-hybridized carbons (Fsp3) is 0.450. The van der Waals surface area contributed by atoms with Crippen LogP contribution in [0.5, 0.6) is 0 Å². The van der Waals surface area contributed by atoms with Crippen LogP contribution in [0.25, 0.3) is 0 Å². The molecule has 1 amide bonds. The molecule has 0 unspecified atom stereocenters. The number of anilines is 1. The number of carbonyl (C=O) groups is 1. The van der Waals surface area contributed by atoms with E-state index in [0.717, 1.165) is 44.4 Å². The molecule has 1 spiro atoms. The molecule has 1 atom stereocenters. The van der Waals surface area contributed by atoms with Crippen molar-refractivity contribution < 1.29 is 13.6 Å². The summed E-state index contributed by atoms with van der Waals surface area (Å²) in [5, 5.41) is 3.82. The van der Waals surface area contributed by atoms with E-state index in [4.69, 9.17) is 0 Å². The van der Waals surface area contributed by atoms with Crippen LogP contribution >= 0.6 is 0 Å². The normalized spacial score (nSPS) is 24.2. The number of aromatic nitrogens is 2. The minimum atomic E-state index is -0.605. The first-order valence-electron chi connectivity index (χ1n) is 9.61. The largest absolute Gasteiger partial charge is 0.355 e. The molecule has 0 N–H and O–H groups in total.